The highest BCUT2D eigenvalue weighted by atomic mass is 35.5. The molecule has 1 amide bonds. The number of halogens is 2. The molecule has 0 N–H and O–H groups in total. The third kappa shape index (κ3) is 4.43. The van der Waals surface area contributed by atoms with Crippen LogP contribution in [0, 0.1) is 0 Å². The number of pyridine rings is 2. The molecule has 4 aromatic rings. The molecule has 3 aromatic heterocycles. The predicted octanol–water partition coefficient (Wildman–Crippen LogP) is 5.08. The first-order valence-electron chi connectivity index (χ1n) is 12.3. The van der Waals surface area contributed by atoms with Crippen molar-refractivity contribution < 1.29 is 19.1 Å². The molecule has 0 saturated heterocycles. The van der Waals surface area contributed by atoms with Crippen LogP contribution in [0.3, 0.4) is 0 Å². The van der Waals surface area contributed by atoms with E-state index in [1.165, 1.54) is 42.1 Å². The van der Waals surface area contributed by atoms with E-state index >= 15 is 0 Å². The van der Waals surface area contributed by atoms with E-state index in [9.17, 15) is 14.4 Å². The number of aromatic nitrogens is 4. The van der Waals surface area contributed by atoms with Crippen LogP contribution in [0.1, 0.15) is 58.0 Å². The van der Waals surface area contributed by atoms with E-state index in [0.717, 1.165) is 0 Å². The molecule has 0 spiro atoms. The van der Waals surface area contributed by atoms with Crippen molar-refractivity contribution in [3.63, 3.8) is 0 Å². The van der Waals surface area contributed by atoms with Gasteiger partial charge in [0.1, 0.15) is 17.6 Å². The minimum atomic E-state index is -0.739. The van der Waals surface area contributed by atoms with E-state index in [1.54, 1.807) is 37.4 Å². The van der Waals surface area contributed by atoms with E-state index in [-0.39, 0.29) is 28.9 Å². The molecule has 40 heavy (non-hydrogen) atoms. The van der Waals surface area contributed by atoms with Crippen LogP contribution >= 0.6 is 23.2 Å². The summed E-state index contributed by atoms with van der Waals surface area (Å²) in [7, 11) is 4.30. The lowest BCUT2D eigenvalue weighted by molar-refractivity contribution is 0.0600. The Morgan fingerprint density at radius 1 is 1.05 bits per heavy atom. The number of carbonyl (C=O) groups is 2. The Labute approximate surface area is 239 Å². The molecular formula is C28H25Cl2N5O5. The van der Waals surface area contributed by atoms with Gasteiger partial charge in [0.15, 0.2) is 5.69 Å². The lowest BCUT2D eigenvalue weighted by Gasteiger charge is -2.28. The molecular weight excluding hydrogens is 557 g/mol. The molecule has 1 aliphatic heterocycles. The van der Waals surface area contributed by atoms with Crippen molar-refractivity contribution in [1.29, 1.82) is 0 Å². The standard InChI is InChI=1S/C28H25Cl2N5O5/c1-14(2)34-23-21(32-24(34)19-10-16(28(38)40-5)12-31-25(19)39-4)27(37)35(20-11-18(30)13-33(3)26(20)36)22(23)15-6-8-17(29)9-7-15/h6-14,22H,1-5H3/t22-/m1/s1. The summed E-state index contributed by atoms with van der Waals surface area (Å²) < 4.78 is 13.6. The molecule has 10 nitrogen and oxygen atoms in total. The lowest BCUT2D eigenvalue weighted by Crippen LogP contribution is -2.36. The number of rotatable bonds is 6. The van der Waals surface area contributed by atoms with Crippen LogP contribution in [0.15, 0.2) is 53.6 Å². The number of anilines is 1. The Morgan fingerprint density at radius 3 is 2.38 bits per heavy atom. The summed E-state index contributed by atoms with van der Waals surface area (Å²) in [5.74, 6) is -0.467. The van der Waals surface area contributed by atoms with E-state index in [0.29, 0.717) is 32.7 Å². The molecule has 4 heterocycles. The molecule has 0 saturated carbocycles. The van der Waals surface area contributed by atoms with Crippen LogP contribution < -0.4 is 15.2 Å². The largest absolute Gasteiger partial charge is 0.480 e. The average Bonchev–Trinajstić information content (AvgIpc) is 3.45. The van der Waals surface area contributed by atoms with Crippen LogP contribution in [0.5, 0.6) is 5.88 Å². The molecule has 12 heteroatoms. The zero-order valence-corrected chi connectivity index (χ0v) is 23.8. The van der Waals surface area contributed by atoms with Gasteiger partial charge in [0.25, 0.3) is 11.5 Å². The quantitative estimate of drug-likeness (QED) is 0.292. The maximum atomic E-state index is 14.1. The summed E-state index contributed by atoms with van der Waals surface area (Å²) in [5, 5.41) is 0.819. The van der Waals surface area contributed by atoms with Crippen molar-refractivity contribution in [1.82, 2.24) is 19.1 Å². The van der Waals surface area contributed by atoms with Gasteiger partial charge < -0.3 is 18.6 Å². The Morgan fingerprint density at radius 2 is 1.75 bits per heavy atom. The van der Waals surface area contributed by atoms with Crippen molar-refractivity contribution in [2.45, 2.75) is 25.9 Å². The number of esters is 1. The first kappa shape index (κ1) is 27.4. The molecule has 1 aromatic carbocycles. The molecule has 206 valence electrons. The van der Waals surface area contributed by atoms with E-state index in [1.807, 2.05) is 18.4 Å². The van der Waals surface area contributed by atoms with E-state index in [4.69, 9.17) is 37.7 Å². The summed E-state index contributed by atoms with van der Waals surface area (Å²) >= 11 is 12.5. The third-order valence-corrected chi connectivity index (χ3v) is 7.14. The fourth-order valence-corrected chi connectivity index (χ4v) is 5.34. The lowest BCUT2D eigenvalue weighted by atomic mass is 10.0. The Balaban J connectivity index is 1.82. The highest BCUT2D eigenvalue weighted by Gasteiger charge is 2.46. The summed E-state index contributed by atoms with van der Waals surface area (Å²) in [4.78, 5) is 50.2. The molecule has 1 atom stereocenters. The van der Waals surface area contributed by atoms with Crippen LogP contribution in [0.4, 0.5) is 5.69 Å². The predicted molar refractivity (Wildman–Crippen MR) is 151 cm³/mol. The highest BCUT2D eigenvalue weighted by Crippen LogP contribution is 2.45. The number of carbonyl (C=O) groups excluding carboxylic acids is 2. The molecule has 0 radical (unpaired) electrons. The van der Waals surface area contributed by atoms with Gasteiger partial charge in [-0.2, -0.15) is 0 Å². The molecule has 0 unspecified atom stereocenters. The maximum absolute atomic E-state index is 14.1. The SMILES string of the molecule is COC(=O)c1cnc(OC)c(-c2nc3c(n2C(C)C)[C@@H](c2ccc(Cl)cc2)N(c2cc(Cl)cn(C)c2=O)C3=O)c1. The van der Waals surface area contributed by atoms with Gasteiger partial charge in [0.05, 0.1) is 36.1 Å². The van der Waals surface area contributed by atoms with Crippen molar-refractivity contribution in [3.8, 4) is 17.3 Å². The van der Waals surface area contributed by atoms with Crippen LogP contribution in [0.25, 0.3) is 11.4 Å². The molecule has 0 fully saturated rings. The van der Waals surface area contributed by atoms with Crippen LogP contribution in [-0.4, -0.2) is 45.2 Å². The van der Waals surface area contributed by atoms with Gasteiger partial charge >= 0.3 is 5.97 Å². The maximum Gasteiger partial charge on any atom is 0.339 e. The monoisotopic (exact) mass is 581 g/mol. The normalized spacial score (nSPS) is 14.6. The van der Waals surface area contributed by atoms with Crippen molar-refractivity contribution >= 4 is 40.8 Å². The van der Waals surface area contributed by atoms with Gasteiger partial charge in [0.2, 0.25) is 5.88 Å². The topological polar surface area (TPSA) is 109 Å². The minimum absolute atomic E-state index is 0.113. The van der Waals surface area contributed by atoms with Crippen LogP contribution in [0.2, 0.25) is 10.0 Å². The van der Waals surface area contributed by atoms with Gasteiger partial charge in [-0.1, -0.05) is 35.3 Å². The number of imidazole rings is 1. The fourth-order valence-electron chi connectivity index (χ4n) is 4.96. The zero-order chi connectivity index (χ0) is 28.9. The summed E-state index contributed by atoms with van der Waals surface area (Å²) in [6, 6.07) is 9.14. The number of methoxy groups -OCH3 is 2. The minimum Gasteiger partial charge on any atom is -0.480 e. The average molecular weight is 582 g/mol. The third-order valence-electron chi connectivity index (χ3n) is 6.69. The summed E-state index contributed by atoms with van der Waals surface area (Å²) in [6.45, 7) is 3.89. The highest BCUT2D eigenvalue weighted by molar-refractivity contribution is 6.31. The van der Waals surface area contributed by atoms with Crippen molar-refractivity contribution in [2.75, 3.05) is 19.1 Å². The Kier molecular flexibility index (Phi) is 7.16. The zero-order valence-electron chi connectivity index (χ0n) is 22.3. The van der Waals surface area contributed by atoms with Gasteiger partial charge in [-0.25, -0.2) is 14.8 Å². The number of benzene rings is 1. The van der Waals surface area contributed by atoms with Gasteiger partial charge in [0, 0.05) is 30.5 Å². The Hall–Kier alpha value is -4.15. The molecule has 0 bridgehead atoms. The fraction of sp³-hybridized carbons (Fsp3) is 0.250. The van der Waals surface area contributed by atoms with Crippen molar-refractivity contribution in [3.05, 3.63) is 91.7 Å². The number of amides is 1. The molecule has 5 rings (SSSR count). The van der Waals surface area contributed by atoms with Crippen molar-refractivity contribution in [2.24, 2.45) is 7.05 Å². The number of hydrogen-bond acceptors (Lipinski definition) is 7. The number of aryl methyl sites for hydroxylation is 1. The smallest absolute Gasteiger partial charge is 0.339 e. The first-order chi connectivity index (χ1) is 19.1. The molecule has 1 aliphatic rings. The second-order valence-electron chi connectivity index (χ2n) is 9.49. The summed E-state index contributed by atoms with van der Waals surface area (Å²) in [5.41, 5.74) is 1.74. The van der Waals surface area contributed by atoms with Crippen LogP contribution in [-0.2, 0) is 11.8 Å². The van der Waals surface area contributed by atoms with Gasteiger partial charge in [-0.15, -0.1) is 0 Å². The number of nitrogens with zero attached hydrogens (tertiary/aromatic N) is 5. The number of fused-ring (bicyclic) bond motifs is 1. The second-order valence-corrected chi connectivity index (χ2v) is 10.4. The number of hydrogen-bond donors (Lipinski definition) is 0. The first-order valence-corrected chi connectivity index (χ1v) is 13.0. The summed E-state index contributed by atoms with van der Waals surface area (Å²) in [6.07, 6.45) is 2.83. The van der Waals surface area contributed by atoms with Gasteiger partial charge in [-0.3, -0.25) is 14.5 Å². The van der Waals surface area contributed by atoms with E-state index < -0.39 is 23.5 Å². The Bertz CT molecular complexity index is 1710. The number of ether oxygens (including phenoxy) is 2. The van der Waals surface area contributed by atoms with E-state index in [2.05, 4.69) is 4.98 Å². The van der Waals surface area contributed by atoms with Gasteiger partial charge in [-0.05, 0) is 43.7 Å². The molecule has 0 aliphatic carbocycles. The second kappa shape index (κ2) is 10.4.